The van der Waals surface area contributed by atoms with Gasteiger partial charge in [0, 0.05) is 20.8 Å². The van der Waals surface area contributed by atoms with E-state index in [9.17, 15) is 4.79 Å². The molecule has 0 aromatic rings. The zero-order valence-corrected chi connectivity index (χ0v) is 6.09. The van der Waals surface area contributed by atoms with Crippen LogP contribution in [0.5, 0.6) is 0 Å². The molecule has 1 aliphatic heterocycles. The van der Waals surface area contributed by atoms with Gasteiger partial charge < -0.3 is 14.8 Å². The van der Waals surface area contributed by atoms with Gasteiger partial charge in [-0.05, 0) is 0 Å². The van der Waals surface area contributed by atoms with Gasteiger partial charge in [0.25, 0.3) is 5.91 Å². The van der Waals surface area contributed by atoms with E-state index in [1.807, 2.05) is 0 Å². The van der Waals surface area contributed by atoms with Crippen molar-refractivity contribution >= 4 is 5.91 Å². The first kappa shape index (κ1) is 7.50. The molecule has 1 N–H and O–H groups in total. The van der Waals surface area contributed by atoms with Crippen molar-refractivity contribution in [1.82, 2.24) is 5.32 Å². The molecule has 1 amide bonds. The summed E-state index contributed by atoms with van der Waals surface area (Å²) in [6.45, 7) is 0.549. The van der Waals surface area contributed by atoms with Gasteiger partial charge in [0.1, 0.15) is 6.10 Å². The highest BCUT2D eigenvalue weighted by Gasteiger charge is 2.34. The summed E-state index contributed by atoms with van der Waals surface area (Å²) < 4.78 is 9.87. The van der Waals surface area contributed by atoms with Crippen LogP contribution in [-0.4, -0.2) is 38.9 Å². The molecular weight excluding hydrogens is 134 g/mol. The Morgan fingerprint density at radius 2 is 2.20 bits per heavy atom. The normalized spacial score (nSPS) is 32.4. The van der Waals surface area contributed by atoms with E-state index in [4.69, 9.17) is 9.47 Å². The van der Waals surface area contributed by atoms with E-state index in [-0.39, 0.29) is 12.0 Å². The molecule has 1 saturated heterocycles. The van der Waals surface area contributed by atoms with Gasteiger partial charge in [-0.3, -0.25) is 4.79 Å². The molecule has 0 bridgehead atoms. The van der Waals surface area contributed by atoms with Crippen molar-refractivity contribution < 1.29 is 14.3 Å². The minimum atomic E-state index is -0.426. The number of carbonyl (C=O) groups excluding carboxylic acids is 1. The maximum Gasteiger partial charge on any atom is 0.252 e. The van der Waals surface area contributed by atoms with Gasteiger partial charge in [-0.15, -0.1) is 0 Å². The van der Waals surface area contributed by atoms with Gasteiger partial charge in [0.15, 0.2) is 6.10 Å². The Balaban J connectivity index is 2.54. The average Bonchev–Trinajstić information content (AvgIpc) is 2.30. The van der Waals surface area contributed by atoms with Gasteiger partial charge >= 0.3 is 0 Å². The molecule has 10 heavy (non-hydrogen) atoms. The minimum absolute atomic E-state index is 0.0886. The molecule has 0 spiro atoms. The second kappa shape index (κ2) is 2.98. The van der Waals surface area contributed by atoms with Crippen LogP contribution < -0.4 is 5.32 Å². The van der Waals surface area contributed by atoms with E-state index in [0.29, 0.717) is 6.54 Å². The highest BCUT2D eigenvalue weighted by molar-refractivity contribution is 5.83. The highest BCUT2D eigenvalue weighted by atomic mass is 16.5. The lowest BCUT2D eigenvalue weighted by Gasteiger charge is -2.11. The molecule has 0 aromatic heterocycles. The topological polar surface area (TPSA) is 47.6 Å². The van der Waals surface area contributed by atoms with Crippen LogP contribution in [-0.2, 0) is 14.3 Å². The van der Waals surface area contributed by atoms with Crippen LogP contribution in [0.25, 0.3) is 0 Å². The van der Waals surface area contributed by atoms with E-state index < -0.39 is 6.10 Å². The van der Waals surface area contributed by atoms with E-state index in [0.717, 1.165) is 0 Å². The van der Waals surface area contributed by atoms with E-state index in [2.05, 4.69) is 5.32 Å². The molecule has 4 heteroatoms. The third-order valence-electron chi connectivity index (χ3n) is 1.63. The Labute approximate surface area is 59.5 Å². The SMILES string of the molecule is COC1CNC(=O)C1OC. The Morgan fingerprint density at radius 1 is 1.50 bits per heavy atom. The second-order valence-corrected chi connectivity index (χ2v) is 2.18. The second-order valence-electron chi connectivity index (χ2n) is 2.18. The number of nitrogens with one attached hydrogen (secondary N) is 1. The Hall–Kier alpha value is -0.610. The lowest BCUT2D eigenvalue weighted by atomic mass is 10.2. The Morgan fingerprint density at radius 3 is 2.60 bits per heavy atom. The smallest absolute Gasteiger partial charge is 0.252 e. The Bertz CT molecular complexity index is 137. The molecule has 0 radical (unpaired) electrons. The maximum atomic E-state index is 10.9. The quantitative estimate of drug-likeness (QED) is 0.550. The molecule has 0 aromatic carbocycles. The summed E-state index contributed by atoms with van der Waals surface area (Å²) >= 11 is 0. The standard InChI is InChI=1S/C6H11NO3/c1-9-4-3-7-6(8)5(4)10-2/h4-5H,3H2,1-2H3,(H,7,8). The summed E-state index contributed by atoms with van der Waals surface area (Å²) in [5, 5.41) is 2.63. The summed E-state index contributed by atoms with van der Waals surface area (Å²) in [5.74, 6) is -0.0886. The van der Waals surface area contributed by atoms with Crippen molar-refractivity contribution in [3.63, 3.8) is 0 Å². The zero-order chi connectivity index (χ0) is 7.56. The van der Waals surface area contributed by atoms with Crippen molar-refractivity contribution in [2.75, 3.05) is 20.8 Å². The first-order valence-electron chi connectivity index (χ1n) is 3.13. The number of rotatable bonds is 2. The largest absolute Gasteiger partial charge is 0.376 e. The molecule has 0 saturated carbocycles. The van der Waals surface area contributed by atoms with Crippen molar-refractivity contribution in [1.29, 1.82) is 0 Å². The van der Waals surface area contributed by atoms with E-state index in [1.165, 1.54) is 7.11 Å². The van der Waals surface area contributed by atoms with Gasteiger partial charge in [-0.2, -0.15) is 0 Å². The minimum Gasteiger partial charge on any atom is -0.376 e. The van der Waals surface area contributed by atoms with E-state index >= 15 is 0 Å². The van der Waals surface area contributed by atoms with Crippen molar-refractivity contribution in [3.05, 3.63) is 0 Å². The molecule has 1 fully saturated rings. The zero-order valence-electron chi connectivity index (χ0n) is 6.09. The number of amides is 1. The lowest BCUT2D eigenvalue weighted by Crippen LogP contribution is -2.31. The van der Waals surface area contributed by atoms with Crippen LogP contribution in [0.3, 0.4) is 0 Å². The van der Waals surface area contributed by atoms with Gasteiger partial charge in [-0.25, -0.2) is 0 Å². The van der Waals surface area contributed by atoms with Gasteiger partial charge in [0.2, 0.25) is 0 Å². The summed E-state index contributed by atoms with van der Waals surface area (Å²) in [4.78, 5) is 10.9. The molecule has 1 rings (SSSR count). The van der Waals surface area contributed by atoms with Gasteiger partial charge in [-0.1, -0.05) is 0 Å². The third-order valence-corrected chi connectivity index (χ3v) is 1.63. The summed E-state index contributed by atoms with van der Waals surface area (Å²) in [6, 6.07) is 0. The fourth-order valence-corrected chi connectivity index (χ4v) is 1.04. The van der Waals surface area contributed by atoms with Crippen LogP contribution in [0.15, 0.2) is 0 Å². The number of hydrogen-bond donors (Lipinski definition) is 1. The average molecular weight is 145 g/mol. The molecule has 1 aliphatic rings. The first-order valence-corrected chi connectivity index (χ1v) is 3.13. The van der Waals surface area contributed by atoms with E-state index in [1.54, 1.807) is 7.11 Å². The number of ether oxygens (including phenoxy) is 2. The fourth-order valence-electron chi connectivity index (χ4n) is 1.04. The molecule has 2 atom stereocenters. The first-order chi connectivity index (χ1) is 4.79. The summed E-state index contributed by atoms with van der Waals surface area (Å²) in [5.41, 5.74) is 0. The Kier molecular flexibility index (Phi) is 2.24. The predicted octanol–water partition coefficient (Wildman–Crippen LogP) is -0.854. The van der Waals surface area contributed by atoms with Crippen LogP contribution >= 0.6 is 0 Å². The molecular formula is C6H11NO3. The van der Waals surface area contributed by atoms with Crippen LogP contribution in [0, 0.1) is 0 Å². The van der Waals surface area contributed by atoms with Crippen molar-refractivity contribution in [2.24, 2.45) is 0 Å². The van der Waals surface area contributed by atoms with Gasteiger partial charge in [0.05, 0.1) is 0 Å². The fraction of sp³-hybridized carbons (Fsp3) is 0.833. The molecule has 58 valence electrons. The van der Waals surface area contributed by atoms with Crippen molar-refractivity contribution in [3.8, 4) is 0 Å². The van der Waals surface area contributed by atoms with Crippen LogP contribution in [0.2, 0.25) is 0 Å². The molecule has 0 aliphatic carbocycles. The highest BCUT2D eigenvalue weighted by Crippen LogP contribution is 2.07. The molecule has 4 nitrogen and oxygen atoms in total. The monoisotopic (exact) mass is 145 g/mol. The number of carbonyl (C=O) groups is 1. The number of methoxy groups -OCH3 is 2. The predicted molar refractivity (Wildman–Crippen MR) is 34.6 cm³/mol. The van der Waals surface area contributed by atoms with Crippen LogP contribution in [0.1, 0.15) is 0 Å². The lowest BCUT2D eigenvalue weighted by molar-refractivity contribution is -0.131. The molecule has 1 heterocycles. The maximum absolute atomic E-state index is 10.9. The third kappa shape index (κ3) is 1.12. The van der Waals surface area contributed by atoms with Crippen molar-refractivity contribution in [2.45, 2.75) is 12.2 Å². The van der Waals surface area contributed by atoms with Crippen LogP contribution in [0.4, 0.5) is 0 Å². The molecule has 2 unspecified atom stereocenters. The summed E-state index contributed by atoms with van der Waals surface area (Å²) in [7, 11) is 3.07. The number of hydrogen-bond acceptors (Lipinski definition) is 3. The summed E-state index contributed by atoms with van der Waals surface area (Å²) in [6.07, 6.45) is -0.553.